The van der Waals surface area contributed by atoms with Gasteiger partial charge in [0.25, 0.3) is 0 Å². The molecule has 1 atom stereocenters. The minimum Gasteiger partial charge on any atom is -0.384 e. The van der Waals surface area contributed by atoms with Gasteiger partial charge in [0.05, 0.1) is 6.20 Å². The number of aliphatic hydroxyl groups is 1. The van der Waals surface area contributed by atoms with Gasteiger partial charge in [-0.05, 0) is 24.6 Å². The Morgan fingerprint density at radius 3 is 2.75 bits per heavy atom. The smallest absolute Gasteiger partial charge is 0.123 e. The first-order valence-electron chi connectivity index (χ1n) is 5.01. The van der Waals surface area contributed by atoms with E-state index in [1.54, 1.807) is 30.1 Å². The van der Waals surface area contributed by atoms with E-state index in [1.807, 2.05) is 6.92 Å². The lowest BCUT2D eigenvalue weighted by Gasteiger charge is -2.10. The molecule has 3 nitrogen and oxygen atoms in total. The molecular formula is C12H13FN2O. The zero-order valence-corrected chi connectivity index (χ0v) is 9.18. The van der Waals surface area contributed by atoms with Crippen LogP contribution in [0.3, 0.4) is 0 Å². The largest absolute Gasteiger partial charge is 0.384 e. The molecule has 84 valence electrons. The summed E-state index contributed by atoms with van der Waals surface area (Å²) in [7, 11) is 1.80. The first kappa shape index (κ1) is 10.8. The molecule has 0 aliphatic carbocycles. The summed E-state index contributed by atoms with van der Waals surface area (Å²) in [6.45, 7) is 1.87. The van der Waals surface area contributed by atoms with Gasteiger partial charge in [-0.25, -0.2) is 4.39 Å². The zero-order valence-electron chi connectivity index (χ0n) is 9.18. The Labute approximate surface area is 93.2 Å². The van der Waals surface area contributed by atoms with Crippen molar-refractivity contribution in [3.05, 3.63) is 53.1 Å². The average molecular weight is 220 g/mol. The maximum atomic E-state index is 13.0. The summed E-state index contributed by atoms with van der Waals surface area (Å²) in [5.74, 6) is -0.349. The van der Waals surface area contributed by atoms with Gasteiger partial charge in [-0.3, -0.25) is 4.68 Å². The average Bonchev–Trinajstić information content (AvgIpc) is 2.59. The Kier molecular flexibility index (Phi) is 2.75. The van der Waals surface area contributed by atoms with E-state index in [0.29, 0.717) is 11.1 Å². The number of benzene rings is 1. The van der Waals surface area contributed by atoms with Gasteiger partial charge in [0, 0.05) is 18.3 Å². The van der Waals surface area contributed by atoms with Crippen LogP contribution in [0.5, 0.6) is 0 Å². The summed E-state index contributed by atoms with van der Waals surface area (Å²) in [5, 5.41) is 14.1. The van der Waals surface area contributed by atoms with Crippen molar-refractivity contribution in [2.24, 2.45) is 7.05 Å². The van der Waals surface area contributed by atoms with E-state index in [1.165, 1.54) is 12.1 Å². The second-order valence-corrected chi connectivity index (χ2v) is 3.77. The van der Waals surface area contributed by atoms with Crippen molar-refractivity contribution in [1.82, 2.24) is 9.78 Å². The van der Waals surface area contributed by atoms with Crippen LogP contribution in [0.1, 0.15) is 22.9 Å². The molecule has 0 spiro atoms. The monoisotopic (exact) mass is 220 g/mol. The molecule has 4 heteroatoms. The molecule has 1 N–H and O–H groups in total. The van der Waals surface area contributed by atoms with Crippen molar-refractivity contribution in [3.63, 3.8) is 0 Å². The highest BCUT2D eigenvalue weighted by Gasteiger charge is 2.16. The SMILES string of the molecule is Cc1c(C(O)c2cccc(F)c2)cnn1C. The molecule has 0 saturated carbocycles. The van der Waals surface area contributed by atoms with Crippen LogP contribution in [0.2, 0.25) is 0 Å². The fraction of sp³-hybridized carbons (Fsp3) is 0.250. The van der Waals surface area contributed by atoms with Gasteiger partial charge in [-0.15, -0.1) is 0 Å². The highest BCUT2D eigenvalue weighted by Crippen LogP contribution is 2.24. The molecule has 1 heterocycles. The van der Waals surface area contributed by atoms with Gasteiger partial charge in [0.2, 0.25) is 0 Å². The van der Waals surface area contributed by atoms with E-state index < -0.39 is 6.10 Å². The minimum absolute atomic E-state index is 0.349. The number of halogens is 1. The fourth-order valence-electron chi connectivity index (χ4n) is 1.64. The molecule has 1 aromatic heterocycles. The third-order valence-corrected chi connectivity index (χ3v) is 2.73. The highest BCUT2D eigenvalue weighted by molar-refractivity contribution is 5.31. The lowest BCUT2D eigenvalue weighted by atomic mass is 10.0. The minimum atomic E-state index is -0.829. The van der Waals surface area contributed by atoms with Crippen LogP contribution in [-0.4, -0.2) is 14.9 Å². The van der Waals surface area contributed by atoms with E-state index in [2.05, 4.69) is 5.10 Å². The summed E-state index contributed by atoms with van der Waals surface area (Å²) in [4.78, 5) is 0. The highest BCUT2D eigenvalue weighted by atomic mass is 19.1. The third kappa shape index (κ3) is 1.84. The number of hydrogen-bond donors (Lipinski definition) is 1. The van der Waals surface area contributed by atoms with Gasteiger partial charge in [0.15, 0.2) is 0 Å². The molecule has 0 aliphatic rings. The number of nitrogens with zero attached hydrogens (tertiary/aromatic N) is 2. The topological polar surface area (TPSA) is 38.1 Å². The summed E-state index contributed by atoms with van der Waals surface area (Å²) >= 11 is 0. The standard InChI is InChI=1S/C12H13FN2O/c1-8-11(7-14-15(8)2)12(16)9-4-3-5-10(13)6-9/h3-7,12,16H,1-2H3. The van der Waals surface area contributed by atoms with Crippen LogP contribution in [0.4, 0.5) is 4.39 Å². The maximum Gasteiger partial charge on any atom is 0.123 e. The van der Waals surface area contributed by atoms with Gasteiger partial charge in [-0.2, -0.15) is 5.10 Å². The Morgan fingerprint density at radius 2 is 2.19 bits per heavy atom. The van der Waals surface area contributed by atoms with Gasteiger partial charge in [0.1, 0.15) is 11.9 Å². The predicted molar refractivity (Wildman–Crippen MR) is 58.4 cm³/mol. The fourth-order valence-corrected chi connectivity index (χ4v) is 1.64. The van der Waals surface area contributed by atoms with Crippen molar-refractivity contribution in [2.45, 2.75) is 13.0 Å². The van der Waals surface area contributed by atoms with Crippen LogP contribution in [-0.2, 0) is 7.05 Å². The molecule has 2 aromatic rings. The van der Waals surface area contributed by atoms with Crippen molar-refractivity contribution in [2.75, 3.05) is 0 Å². The predicted octanol–water partition coefficient (Wildman–Crippen LogP) is 1.95. The third-order valence-electron chi connectivity index (χ3n) is 2.73. The van der Waals surface area contributed by atoms with E-state index in [0.717, 1.165) is 5.69 Å². The van der Waals surface area contributed by atoms with Crippen LogP contribution < -0.4 is 0 Å². The van der Waals surface area contributed by atoms with Gasteiger partial charge >= 0.3 is 0 Å². The molecule has 0 aliphatic heterocycles. The molecule has 1 unspecified atom stereocenters. The maximum absolute atomic E-state index is 13.0. The second-order valence-electron chi connectivity index (χ2n) is 3.77. The Hall–Kier alpha value is -1.68. The van der Waals surface area contributed by atoms with Crippen LogP contribution in [0, 0.1) is 12.7 Å². The second kappa shape index (κ2) is 4.06. The molecule has 0 saturated heterocycles. The van der Waals surface area contributed by atoms with E-state index >= 15 is 0 Å². The molecule has 0 bridgehead atoms. The summed E-state index contributed by atoms with van der Waals surface area (Å²) in [6.07, 6.45) is 0.773. The normalized spacial score (nSPS) is 12.8. The Morgan fingerprint density at radius 1 is 1.44 bits per heavy atom. The number of aromatic nitrogens is 2. The molecule has 16 heavy (non-hydrogen) atoms. The Bertz CT molecular complexity index is 507. The van der Waals surface area contributed by atoms with E-state index in [4.69, 9.17) is 0 Å². The van der Waals surface area contributed by atoms with Crippen molar-refractivity contribution in [1.29, 1.82) is 0 Å². The molecule has 0 radical (unpaired) electrons. The lowest BCUT2D eigenvalue weighted by Crippen LogP contribution is -2.02. The number of hydrogen-bond acceptors (Lipinski definition) is 2. The van der Waals surface area contributed by atoms with E-state index in [9.17, 15) is 9.50 Å². The Balaban J connectivity index is 2.39. The van der Waals surface area contributed by atoms with Crippen molar-refractivity contribution in [3.8, 4) is 0 Å². The van der Waals surface area contributed by atoms with Gasteiger partial charge < -0.3 is 5.11 Å². The molecular weight excluding hydrogens is 207 g/mol. The summed E-state index contributed by atoms with van der Waals surface area (Å²) < 4.78 is 14.7. The van der Waals surface area contributed by atoms with Crippen molar-refractivity contribution < 1.29 is 9.50 Å². The molecule has 0 amide bonds. The lowest BCUT2D eigenvalue weighted by molar-refractivity contribution is 0.219. The number of aryl methyl sites for hydroxylation is 1. The zero-order chi connectivity index (χ0) is 11.7. The van der Waals surface area contributed by atoms with Gasteiger partial charge in [-0.1, -0.05) is 12.1 Å². The van der Waals surface area contributed by atoms with E-state index in [-0.39, 0.29) is 5.82 Å². The summed E-state index contributed by atoms with van der Waals surface area (Å²) in [5.41, 5.74) is 2.11. The first-order chi connectivity index (χ1) is 7.59. The number of rotatable bonds is 2. The quantitative estimate of drug-likeness (QED) is 0.840. The molecule has 1 aromatic carbocycles. The number of aliphatic hydroxyl groups excluding tert-OH is 1. The van der Waals surface area contributed by atoms with Crippen LogP contribution in [0.15, 0.2) is 30.5 Å². The molecule has 0 fully saturated rings. The van der Waals surface area contributed by atoms with Crippen LogP contribution >= 0.6 is 0 Å². The molecule has 2 rings (SSSR count). The summed E-state index contributed by atoms with van der Waals surface area (Å²) in [6, 6.07) is 5.96. The first-order valence-corrected chi connectivity index (χ1v) is 5.01. The van der Waals surface area contributed by atoms with Crippen molar-refractivity contribution >= 4 is 0 Å². The van der Waals surface area contributed by atoms with Crippen LogP contribution in [0.25, 0.3) is 0 Å².